The number of nitrogens with zero attached hydrogens (tertiary/aromatic N) is 1. The summed E-state index contributed by atoms with van der Waals surface area (Å²) in [6, 6.07) is 13.6. The van der Waals surface area contributed by atoms with E-state index in [1.54, 1.807) is 7.11 Å². The van der Waals surface area contributed by atoms with Crippen molar-refractivity contribution in [2.45, 2.75) is 19.0 Å². The van der Waals surface area contributed by atoms with E-state index in [4.69, 9.17) is 4.74 Å². The first-order chi connectivity index (χ1) is 9.78. The maximum Gasteiger partial charge on any atom is 0.119 e. The van der Waals surface area contributed by atoms with Crippen molar-refractivity contribution in [2.75, 3.05) is 27.2 Å². The second-order valence-electron chi connectivity index (χ2n) is 5.56. The van der Waals surface area contributed by atoms with Crippen LogP contribution in [0.1, 0.15) is 12.0 Å². The molecule has 0 bridgehead atoms. The quantitative estimate of drug-likeness (QED) is 0.924. The van der Waals surface area contributed by atoms with E-state index in [-0.39, 0.29) is 0 Å². The molecule has 106 valence electrons. The van der Waals surface area contributed by atoms with Gasteiger partial charge in [-0.05, 0) is 48.0 Å². The molecule has 20 heavy (non-hydrogen) atoms. The summed E-state index contributed by atoms with van der Waals surface area (Å²) in [5, 5.41) is 5.89. The SMILES string of the molecule is CNC1CCN(Cc2ccc3cc(OC)ccc3c2)C1. The number of methoxy groups -OCH3 is 1. The Hall–Kier alpha value is -1.58. The maximum atomic E-state index is 5.27. The largest absolute Gasteiger partial charge is 0.497 e. The van der Waals surface area contributed by atoms with Gasteiger partial charge in [0.15, 0.2) is 0 Å². The minimum atomic E-state index is 0.653. The van der Waals surface area contributed by atoms with Gasteiger partial charge < -0.3 is 10.1 Å². The molecule has 3 nitrogen and oxygen atoms in total. The number of fused-ring (bicyclic) bond motifs is 1. The van der Waals surface area contributed by atoms with E-state index in [1.165, 1.54) is 29.3 Å². The number of likely N-dealkylation sites (N-methyl/N-ethyl adjacent to an activating group) is 1. The Bertz CT molecular complexity index is 597. The van der Waals surface area contributed by atoms with Crippen molar-refractivity contribution < 1.29 is 4.74 Å². The summed E-state index contributed by atoms with van der Waals surface area (Å²) in [4.78, 5) is 2.52. The highest BCUT2D eigenvalue weighted by Gasteiger charge is 2.20. The van der Waals surface area contributed by atoms with Gasteiger partial charge in [-0.15, -0.1) is 0 Å². The predicted octanol–water partition coefficient (Wildman–Crippen LogP) is 2.64. The highest BCUT2D eigenvalue weighted by Crippen LogP contribution is 2.23. The summed E-state index contributed by atoms with van der Waals surface area (Å²) in [5.41, 5.74) is 1.39. The van der Waals surface area contributed by atoms with Crippen molar-refractivity contribution in [1.29, 1.82) is 0 Å². The van der Waals surface area contributed by atoms with Crippen LogP contribution in [0.5, 0.6) is 5.75 Å². The highest BCUT2D eigenvalue weighted by atomic mass is 16.5. The van der Waals surface area contributed by atoms with Crippen LogP contribution >= 0.6 is 0 Å². The van der Waals surface area contributed by atoms with E-state index in [9.17, 15) is 0 Å². The normalized spacial score (nSPS) is 19.6. The summed E-state index contributed by atoms with van der Waals surface area (Å²) in [7, 11) is 3.76. The van der Waals surface area contributed by atoms with Gasteiger partial charge in [-0.25, -0.2) is 0 Å². The van der Waals surface area contributed by atoms with Crippen molar-refractivity contribution in [3.8, 4) is 5.75 Å². The minimum absolute atomic E-state index is 0.653. The number of hydrogen-bond acceptors (Lipinski definition) is 3. The zero-order valence-corrected chi connectivity index (χ0v) is 12.2. The third-order valence-electron chi connectivity index (χ3n) is 4.20. The lowest BCUT2D eigenvalue weighted by Gasteiger charge is -2.16. The summed E-state index contributed by atoms with van der Waals surface area (Å²) in [6.07, 6.45) is 1.25. The van der Waals surface area contributed by atoms with Crippen LogP contribution < -0.4 is 10.1 Å². The first-order valence-corrected chi connectivity index (χ1v) is 7.25. The molecular weight excluding hydrogens is 248 g/mol. The van der Waals surface area contributed by atoms with Crippen LogP contribution in [0.2, 0.25) is 0 Å². The molecule has 2 aromatic rings. The lowest BCUT2D eigenvalue weighted by Crippen LogP contribution is -2.29. The van der Waals surface area contributed by atoms with Crippen LogP contribution in [0, 0.1) is 0 Å². The van der Waals surface area contributed by atoms with Gasteiger partial charge in [-0.3, -0.25) is 4.90 Å². The molecule has 3 heteroatoms. The van der Waals surface area contributed by atoms with E-state index >= 15 is 0 Å². The summed E-state index contributed by atoms with van der Waals surface area (Å²) < 4.78 is 5.27. The molecular formula is C17H22N2O. The molecule has 1 heterocycles. The van der Waals surface area contributed by atoms with E-state index in [2.05, 4.69) is 47.6 Å². The molecule has 0 spiro atoms. The molecule has 0 aliphatic carbocycles. The smallest absolute Gasteiger partial charge is 0.119 e. The van der Waals surface area contributed by atoms with Gasteiger partial charge in [-0.1, -0.05) is 18.2 Å². The third-order valence-corrected chi connectivity index (χ3v) is 4.20. The Kier molecular flexibility index (Phi) is 3.90. The molecule has 1 aliphatic rings. The molecule has 0 saturated carbocycles. The van der Waals surface area contributed by atoms with Crippen LogP contribution in [-0.2, 0) is 6.54 Å². The van der Waals surface area contributed by atoms with Gasteiger partial charge in [0.1, 0.15) is 5.75 Å². The molecule has 3 rings (SSSR count). The van der Waals surface area contributed by atoms with Gasteiger partial charge >= 0.3 is 0 Å². The molecule has 1 unspecified atom stereocenters. The van der Waals surface area contributed by atoms with Crippen molar-refractivity contribution >= 4 is 10.8 Å². The van der Waals surface area contributed by atoms with Crippen molar-refractivity contribution in [2.24, 2.45) is 0 Å². The number of likely N-dealkylation sites (tertiary alicyclic amines) is 1. The van der Waals surface area contributed by atoms with Gasteiger partial charge in [-0.2, -0.15) is 0 Å². The number of nitrogens with one attached hydrogen (secondary N) is 1. The number of ether oxygens (including phenoxy) is 1. The molecule has 1 atom stereocenters. The van der Waals surface area contributed by atoms with Gasteiger partial charge in [0, 0.05) is 25.7 Å². The maximum absolute atomic E-state index is 5.27. The Balaban J connectivity index is 1.76. The predicted molar refractivity (Wildman–Crippen MR) is 83.2 cm³/mol. The van der Waals surface area contributed by atoms with Crippen LogP contribution in [0.4, 0.5) is 0 Å². The number of hydrogen-bond donors (Lipinski definition) is 1. The van der Waals surface area contributed by atoms with Crippen LogP contribution in [0.25, 0.3) is 10.8 Å². The molecule has 1 N–H and O–H groups in total. The first kappa shape index (κ1) is 13.4. The molecule has 1 aliphatic heterocycles. The molecule has 0 aromatic heterocycles. The Morgan fingerprint density at radius 2 is 2.00 bits per heavy atom. The first-order valence-electron chi connectivity index (χ1n) is 7.25. The fourth-order valence-electron chi connectivity index (χ4n) is 2.97. The van der Waals surface area contributed by atoms with Crippen molar-refractivity contribution in [3.05, 3.63) is 42.0 Å². The second kappa shape index (κ2) is 5.81. The zero-order valence-electron chi connectivity index (χ0n) is 12.2. The van der Waals surface area contributed by atoms with E-state index in [1.807, 2.05) is 6.07 Å². The second-order valence-corrected chi connectivity index (χ2v) is 5.56. The van der Waals surface area contributed by atoms with E-state index in [0.29, 0.717) is 6.04 Å². The van der Waals surface area contributed by atoms with Crippen molar-refractivity contribution in [3.63, 3.8) is 0 Å². The standard InChI is InChI=1S/C17H22N2O/c1-18-16-7-8-19(12-16)11-13-3-4-15-10-17(20-2)6-5-14(15)9-13/h3-6,9-10,16,18H,7-8,11-12H2,1-2H3. The fraction of sp³-hybridized carbons (Fsp3) is 0.412. The van der Waals surface area contributed by atoms with Crippen LogP contribution in [0.3, 0.4) is 0 Å². The third kappa shape index (κ3) is 2.79. The molecule has 0 radical (unpaired) electrons. The zero-order chi connectivity index (χ0) is 13.9. The Morgan fingerprint density at radius 3 is 2.75 bits per heavy atom. The van der Waals surface area contributed by atoms with Gasteiger partial charge in [0.25, 0.3) is 0 Å². The van der Waals surface area contributed by atoms with Crippen molar-refractivity contribution in [1.82, 2.24) is 10.2 Å². The Morgan fingerprint density at radius 1 is 1.20 bits per heavy atom. The number of benzene rings is 2. The average molecular weight is 270 g/mol. The average Bonchev–Trinajstić information content (AvgIpc) is 2.94. The molecule has 2 aromatic carbocycles. The Labute approximate surface area is 120 Å². The monoisotopic (exact) mass is 270 g/mol. The molecule has 1 saturated heterocycles. The molecule has 0 amide bonds. The van der Waals surface area contributed by atoms with E-state index < -0.39 is 0 Å². The van der Waals surface area contributed by atoms with E-state index in [0.717, 1.165) is 18.8 Å². The lowest BCUT2D eigenvalue weighted by atomic mass is 10.1. The number of rotatable bonds is 4. The lowest BCUT2D eigenvalue weighted by molar-refractivity contribution is 0.322. The fourth-order valence-corrected chi connectivity index (χ4v) is 2.97. The minimum Gasteiger partial charge on any atom is -0.497 e. The molecule has 1 fully saturated rings. The van der Waals surface area contributed by atoms with Gasteiger partial charge in [0.05, 0.1) is 7.11 Å². The van der Waals surface area contributed by atoms with Gasteiger partial charge in [0.2, 0.25) is 0 Å². The summed E-state index contributed by atoms with van der Waals surface area (Å²) >= 11 is 0. The summed E-state index contributed by atoms with van der Waals surface area (Å²) in [6.45, 7) is 3.38. The topological polar surface area (TPSA) is 24.5 Å². The highest BCUT2D eigenvalue weighted by molar-refractivity contribution is 5.84. The van der Waals surface area contributed by atoms with Crippen LogP contribution in [0.15, 0.2) is 36.4 Å². The summed E-state index contributed by atoms with van der Waals surface area (Å²) in [5.74, 6) is 0.918. The van der Waals surface area contributed by atoms with Crippen LogP contribution in [-0.4, -0.2) is 38.2 Å².